The first-order valence-corrected chi connectivity index (χ1v) is 11.8. The van der Waals surface area contributed by atoms with Crippen LogP contribution in [-0.4, -0.2) is 97.1 Å². The molecule has 3 rings (SSSR count). The number of nitrogens with one attached hydrogen (secondary N) is 1. The summed E-state index contributed by atoms with van der Waals surface area (Å²) < 4.78 is 26.9. The molecule has 3 heterocycles. The third-order valence-corrected chi connectivity index (χ3v) is 7.54. The zero-order valence-corrected chi connectivity index (χ0v) is 17.6. The van der Waals surface area contributed by atoms with Crippen LogP contribution in [0.1, 0.15) is 25.7 Å². The van der Waals surface area contributed by atoms with Gasteiger partial charge in [0.2, 0.25) is 16.0 Å². The van der Waals surface area contributed by atoms with E-state index >= 15 is 0 Å². The van der Waals surface area contributed by atoms with Crippen LogP contribution in [0.3, 0.4) is 0 Å². The van der Waals surface area contributed by atoms with Crippen LogP contribution in [-0.2, 0) is 10.0 Å². The molecule has 28 heavy (non-hydrogen) atoms. The lowest BCUT2D eigenvalue weighted by Gasteiger charge is -2.33. The summed E-state index contributed by atoms with van der Waals surface area (Å²) >= 11 is 0. The van der Waals surface area contributed by atoms with Crippen molar-refractivity contribution in [1.29, 1.82) is 0 Å². The van der Waals surface area contributed by atoms with Gasteiger partial charge in [0.05, 0.1) is 5.75 Å². The van der Waals surface area contributed by atoms with E-state index in [4.69, 9.17) is 5.73 Å². The molecular weight excluding hydrogens is 378 g/mol. The smallest absolute Gasteiger partial charge is 0.224 e. The number of rotatable bonds is 8. The van der Waals surface area contributed by atoms with Gasteiger partial charge in [0, 0.05) is 51.5 Å². The standard InChI is InChI=1S/C18H33N7O2S/c1-23-11-13-24(14-12-23)8-2-3-15-28(26,27)25-9-5-16(6-10-25)21-18-20-7-4-17(19)22-18/h4,7,16H,2-3,5-6,8-15H2,1H3,(H3,19,20,21,22). The second-order valence-corrected chi connectivity index (χ2v) is 9.88. The molecule has 0 radical (unpaired) electrons. The van der Waals surface area contributed by atoms with Crippen LogP contribution in [0.15, 0.2) is 12.3 Å². The van der Waals surface area contributed by atoms with Gasteiger partial charge >= 0.3 is 0 Å². The first-order valence-electron chi connectivity index (χ1n) is 10.2. The molecule has 3 N–H and O–H groups in total. The van der Waals surface area contributed by atoms with Gasteiger partial charge in [-0.25, -0.2) is 17.7 Å². The normalized spacial score (nSPS) is 21.0. The number of anilines is 2. The lowest BCUT2D eigenvalue weighted by atomic mass is 10.1. The molecule has 0 amide bonds. The zero-order chi connectivity index (χ0) is 20.0. The van der Waals surface area contributed by atoms with Crippen molar-refractivity contribution in [2.75, 3.05) is 69.7 Å². The molecule has 9 nitrogen and oxygen atoms in total. The monoisotopic (exact) mass is 411 g/mol. The molecule has 0 unspecified atom stereocenters. The fourth-order valence-electron chi connectivity index (χ4n) is 3.72. The molecule has 10 heteroatoms. The molecule has 2 saturated heterocycles. The van der Waals surface area contributed by atoms with Gasteiger partial charge in [0.1, 0.15) is 5.82 Å². The van der Waals surface area contributed by atoms with Crippen molar-refractivity contribution < 1.29 is 8.42 Å². The number of nitrogens with two attached hydrogens (primary N) is 1. The Hall–Kier alpha value is -1.49. The van der Waals surface area contributed by atoms with Crippen LogP contribution >= 0.6 is 0 Å². The van der Waals surface area contributed by atoms with Crippen molar-refractivity contribution in [2.45, 2.75) is 31.7 Å². The molecule has 2 aliphatic heterocycles. The minimum Gasteiger partial charge on any atom is -0.384 e. The predicted molar refractivity (Wildman–Crippen MR) is 112 cm³/mol. The molecule has 2 aliphatic rings. The van der Waals surface area contributed by atoms with Gasteiger partial charge < -0.3 is 20.9 Å². The average Bonchev–Trinajstić information content (AvgIpc) is 2.67. The molecule has 1 aromatic heterocycles. The van der Waals surface area contributed by atoms with Gasteiger partial charge in [0.15, 0.2) is 0 Å². The summed E-state index contributed by atoms with van der Waals surface area (Å²) in [6.07, 6.45) is 4.78. The highest BCUT2D eigenvalue weighted by molar-refractivity contribution is 7.89. The molecule has 0 spiro atoms. The van der Waals surface area contributed by atoms with E-state index < -0.39 is 10.0 Å². The van der Waals surface area contributed by atoms with Crippen LogP contribution in [0, 0.1) is 0 Å². The molecule has 2 fully saturated rings. The Balaban J connectivity index is 1.35. The van der Waals surface area contributed by atoms with E-state index in [1.54, 1.807) is 16.6 Å². The highest BCUT2D eigenvalue weighted by atomic mass is 32.2. The summed E-state index contributed by atoms with van der Waals surface area (Å²) in [4.78, 5) is 13.1. The van der Waals surface area contributed by atoms with Gasteiger partial charge in [-0.15, -0.1) is 0 Å². The Bertz CT molecular complexity index is 714. The Morgan fingerprint density at radius 3 is 2.54 bits per heavy atom. The zero-order valence-electron chi connectivity index (χ0n) is 16.8. The maximum absolute atomic E-state index is 12.6. The number of aromatic nitrogens is 2. The summed E-state index contributed by atoms with van der Waals surface area (Å²) in [5, 5.41) is 3.25. The number of piperidine rings is 1. The lowest BCUT2D eigenvalue weighted by molar-refractivity contribution is 0.152. The Morgan fingerprint density at radius 2 is 1.86 bits per heavy atom. The van der Waals surface area contributed by atoms with Crippen molar-refractivity contribution in [2.24, 2.45) is 0 Å². The van der Waals surface area contributed by atoms with Gasteiger partial charge in [-0.2, -0.15) is 4.98 Å². The Kier molecular flexibility index (Phi) is 7.44. The molecular formula is C18H33N7O2S. The number of nitrogens with zero attached hydrogens (tertiary/aromatic N) is 5. The molecule has 0 saturated carbocycles. The first-order chi connectivity index (χ1) is 13.4. The summed E-state index contributed by atoms with van der Waals surface area (Å²) in [6.45, 7) is 6.45. The van der Waals surface area contributed by atoms with Crippen LogP contribution in [0.5, 0.6) is 0 Å². The van der Waals surface area contributed by atoms with Crippen molar-refractivity contribution in [3.8, 4) is 0 Å². The third kappa shape index (κ3) is 6.26. The van der Waals surface area contributed by atoms with E-state index in [1.807, 2.05) is 0 Å². The average molecular weight is 412 g/mol. The van der Waals surface area contributed by atoms with E-state index in [9.17, 15) is 8.42 Å². The SMILES string of the molecule is CN1CCN(CCCCS(=O)(=O)N2CCC(Nc3nccc(N)n3)CC2)CC1. The number of nitrogen functional groups attached to an aromatic ring is 1. The lowest BCUT2D eigenvalue weighted by Crippen LogP contribution is -2.45. The number of hydrogen-bond acceptors (Lipinski definition) is 8. The molecule has 0 aromatic carbocycles. The van der Waals surface area contributed by atoms with Crippen LogP contribution in [0.25, 0.3) is 0 Å². The minimum atomic E-state index is -3.17. The summed E-state index contributed by atoms with van der Waals surface area (Å²) in [5.74, 6) is 1.18. The maximum atomic E-state index is 12.6. The van der Waals surface area contributed by atoms with E-state index in [0.717, 1.165) is 58.4 Å². The highest BCUT2D eigenvalue weighted by Gasteiger charge is 2.28. The van der Waals surface area contributed by atoms with Crippen LogP contribution in [0.4, 0.5) is 11.8 Å². The van der Waals surface area contributed by atoms with Crippen molar-refractivity contribution >= 4 is 21.8 Å². The van der Waals surface area contributed by atoms with E-state index in [-0.39, 0.29) is 11.8 Å². The Labute approximate surface area is 168 Å². The number of piperazine rings is 1. The highest BCUT2D eigenvalue weighted by Crippen LogP contribution is 2.18. The van der Waals surface area contributed by atoms with Gasteiger partial charge in [-0.1, -0.05) is 0 Å². The molecule has 158 valence electrons. The second kappa shape index (κ2) is 9.82. The van der Waals surface area contributed by atoms with E-state index in [0.29, 0.717) is 24.9 Å². The number of likely N-dealkylation sites (N-methyl/N-ethyl adjacent to an activating group) is 1. The van der Waals surface area contributed by atoms with Gasteiger partial charge in [-0.05, 0) is 45.3 Å². The largest absolute Gasteiger partial charge is 0.384 e. The fraction of sp³-hybridized carbons (Fsp3) is 0.778. The number of unbranched alkanes of at least 4 members (excludes halogenated alkanes) is 1. The Morgan fingerprint density at radius 1 is 1.14 bits per heavy atom. The third-order valence-electron chi connectivity index (χ3n) is 5.58. The van der Waals surface area contributed by atoms with Crippen LogP contribution in [0.2, 0.25) is 0 Å². The van der Waals surface area contributed by atoms with Gasteiger partial charge in [-0.3, -0.25) is 0 Å². The van der Waals surface area contributed by atoms with E-state index in [2.05, 4.69) is 32.1 Å². The molecule has 0 aliphatic carbocycles. The quantitative estimate of drug-likeness (QED) is 0.588. The van der Waals surface area contributed by atoms with E-state index in [1.165, 1.54) is 0 Å². The summed E-state index contributed by atoms with van der Waals surface area (Å²) in [6, 6.07) is 1.81. The summed E-state index contributed by atoms with van der Waals surface area (Å²) in [5.41, 5.74) is 5.67. The van der Waals surface area contributed by atoms with Crippen LogP contribution < -0.4 is 11.1 Å². The molecule has 1 aromatic rings. The topological polar surface area (TPSA) is 108 Å². The minimum absolute atomic E-state index is 0.172. The van der Waals surface area contributed by atoms with Crippen molar-refractivity contribution in [1.82, 2.24) is 24.1 Å². The summed E-state index contributed by atoms with van der Waals surface area (Å²) in [7, 11) is -1.03. The first kappa shape index (κ1) is 21.2. The number of hydrogen-bond donors (Lipinski definition) is 2. The predicted octanol–water partition coefficient (Wildman–Crippen LogP) is 0.293. The second-order valence-electron chi connectivity index (χ2n) is 7.79. The molecule has 0 atom stereocenters. The van der Waals surface area contributed by atoms with Crippen molar-refractivity contribution in [3.05, 3.63) is 12.3 Å². The number of sulfonamides is 1. The maximum Gasteiger partial charge on any atom is 0.224 e. The van der Waals surface area contributed by atoms with Crippen molar-refractivity contribution in [3.63, 3.8) is 0 Å². The molecule has 0 bridgehead atoms. The van der Waals surface area contributed by atoms with Gasteiger partial charge in [0.25, 0.3) is 0 Å². The fourth-order valence-corrected chi connectivity index (χ4v) is 5.32.